The van der Waals surface area contributed by atoms with Gasteiger partial charge in [-0.1, -0.05) is 23.7 Å². The predicted octanol–water partition coefficient (Wildman–Crippen LogP) is 2.34. The molecule has 0 saturated carbocycles. The number of amides is 1. The van der Waals surface area contributed by atoms with Gasteiger partial charge in [0.05, 0.1) is 15.8 Å². The average molecular weight is 345 g/mol. The second kappa shape index (κ2) is 6.09. The number of aromatic nitrogens is 2. The highest BCUT2D eigenvalue weighted by Gasteiger charge is 2.17. The van der Waals surface area contributed by atoms with Gasteiger partial charge in [0.25, 0.3) is 17.2 Å². The Labute approximate surface area is 139 Å². The van der Waals surface area contributed by atoms with Crippen molar-refractivity contribution >= 4 is 34.1 Å². The van der Waals surface area contributed by atoms with Gasteiger partial charge in [-0.25, -0.2) is 9.66 Å². The molecule has 0 atom stereocenters. The first-order valence-corrected chi connectivity index (χ1v) is 7.07. The Morgan fingerprint density at radius 2 is 2.00 bits per heavy atom. The SMILES string of the molecule is O=C(Nn1cnc2ccccc2c1=O)c1ccc(Cl)c([N+](=O)[O-])c1. The lowest BCUT2D eigenvalue weighted by molar-refractivity contribution is -0.384. The van der Waals surface area contributed by atoms with Crippen LogP contribution in [0.25, 0.3) is 10.9 Å². The number of fused-ring (bicyclic) bond motifs is 1. The smallest absolute Gasteiger partial charge is 0.267 e. The normalized spacial score (nSPS) is 10.5. The van der Waals surface area contributed by atoms with Crippen LogP contribution < -0.4 is 11.0 Å². The number of rotatable bonds is 3. The van der Waals surface area contributed by atoms with Crippen LogP contribution in [0.1, 0.15) is 10.4 Å². The molecular weight excluding hydrogens is 336 g/mol. The second-order valence-corrected chi connectivity index (χ2v) is 5.21. The zero-order valence-electron chi connectivity index (χ0n) is 12.0. The van der Waals surface area contributed by atoms with E-state index in [-0.39, 0.29) is 10.6 Å². The van der Waals surface area contributed by atoms with E-state index in [2.05, 4.69) is 10.4 Å². The molecule has 0 spiro atoms. The summed E-state index contributed by atoms with van der Waals surface area (Å²) in [6.45, 7) is 0. The maximum Gasteiger partial charge on any atom is 0.288 e. The van der Waals surface area contributed by atoms with Gasteiger partial charge >= 0.3 is 0 Å². The number of nitro groups is 1. The second-order valence-electron chi connectivity index (χ2n) is 4.80. The van der Waals surface area contributed by atoms with Gasteiger partial charge in [-0.05, 0) is 24.3 Å². The number of carbonyl (C=O) groups is 1. The fourth-order valence-corrected chi connectivity index (χ4v) is 2.30. The molecule has 1 amide bonds. The van der Waals surface area contributed by atoms with Gasteiger partial charge in [-0.15, -0.1) is 0 Å². The first kappa shape index (κ1) is 15.6. The number of para-hydroxylation sites is 1. The molecule has 8 nitrogen and oxygen atoms in total. The number of benzene rings is 2. The van der Waals surface area contributed by atoms with Gasteiger partial charge in [0.1, 0.15) is 11.3 Å². The Hall–Kier alpha value is -3.26. The van der Waals surface area contributed by atoms with Crippen LogP contribution in [0.2, 0.25) is 5.02 Å². The number of carbonyl (C=O) groups excluding carboxylic acids is 1. The van der Waals surface area contributed by atoms with E-state index in [0.717, 1.165) is 10.7 Å². The molecule has 2 aromatic carbocycles. The van der Waals surface area contributed by atoms with Gasteiger partial charge in [0.15, 0.2) is 0 Å². The standard InChI is InChI=1S/C15H9ClN4O4/c16-11-6-5-9(7-13(11)20(23)24)14(21)18-19-8-17-12-4-2-1-3-10(12)15(19)22/h1-8H,(H,18,21). The Bertz CT molecular complexity index is 1030. The van der Waals surface area contributed by atoms with Crippen LogP contribution in [-0.2, 0) is 0 Å². The summed E-state index contributed by atoms with van der Waals surface area (Å²) in [5.74, 6) is -0.700. The van der Waals surface area contributed by atoms with Crippen LogP contribution in [0, 0.1) is 10.1 Å². The summed E-state index contributed by atoms with van der Waals surface area (Å²) in [7, 11) is 0. The largest absolute Gasteiger partial charge is 0.288 e. The maximum atomic E-state index is 12.3. The third kappa shape index (κ3) is 2.82. The van der Waals surface area contributed by atoms with Crippen molar-refractivity contribution in [3.05, 3.63) is 79.8 Å². The monoisotopic (exact) mass is 344 g/mol. The van der Waals surface area contributed by atoms with Gasteiger partial charge in [0, 0.05) is 11.6 Å². The van der Waals surface area contributed by atoms with E-state index in [4.69, 9.17) is 11.6 Å². The molecule has 0 saturated heterocycles. The third-order valence-electron chi connectivity index (χ3n) is 3.29. The number of hydrogen-bond donors (Lipinski definition) is 1. The molecule has 0 bridgehead atoms. The number of nitro benzene ring substituents is 1. The Morgan fingerprint density at radius 1 is 1.25 bits per heavy atom. The Kier molecular flexibility index (Phi) is 3.97. The molecule has 120 valence electrons. The molecule has 0 aliphatic rings. The molecular formula is C15H9ClN4O4. The summed E-state index contributed by atoms with van der Waals surface area (Å²) in [6.07, 6.45) is 1.17. The van der Waals surface area contributed by atoms with Crippen LogP contribution in [-0.4, -0.2) is 20.5 Å². The molecule has 9 heteroatoms. The molecule has 0 aliphatic heterocycles. The molecule has 0 unspecified atom stereocenters. The minimum atomic E-state index is -0.700. The van der Waals surface area contributed by atoms with Crippen molar-refractivity contribution in [1.29, 1.82) is 0 Å². The quantitative estimate of drug-likeness (QED) is 0.579. The van der Waals surface area contributed by atoms with Crippen molar-refractivity contribution in [2.75, 3.05) is 5.43 Å². The molecule has 1 N–H and O–H groups in total. The van der Waals surface area contributed by atoms with Crippen LogP contribution >= 0.6 is 11.6 Å². The third-order valence-corrected chi connectivity index (χ3v) is 3.61. The zero-order valence-corrected chi connectivity index (χ0v) is 12.7. The van der Waals surface area contributed by atoms with Crippen molar-refractivity contribution < 1.29 is 9.72 Å². The minimum absolute atomic E-state index is 0.00819. The summed E-state index contributed by atoms with van der Waals surface area (Å²) in [5.41, 5.74) is 1.97. The first-order chi connectivity index (χ1) is 11.5. The van der Waals surface area contributed by atoms with Gasteiger partial charge in [0.2, 0.25) is 0 Å². The number of nitrogens with zero attached hydrogens (tertiary/aromatic N) is 3. The lowest BCUT2D eigenvalue weighted by atomic mass is 10.2. The zero-order chi connectivity index (χ0) is 17.3. The van der Waals surface area contributed by atoms with E-state index in [1.807, 2.05) is 0 Å². The fourth-order valence-electron chi connectivity index (χ4n) is 2.12. The maximum absolute atomic E-state index is 12.3. The summed E-state index contributed by atoms with van der Waals surface area (Å²) < 4.78 is 0.922. The van der Waals surface area contributed by atoms with E-state index in [1.165, 1.54) is 18.5 Å². The Morgan fingerprint density at radius 3 is 2.75 bits per heavy atom. The minimum Gasteiger partial charge on any atom is -0.267 e. The highest BCUT2D eigenvalue weighted by molar-refractivity contribution is 6.32. The average Bonchev–Trinajstić information content (AvgIpc) is 2.57. The molecule has 0 fully saturated rings. The van der Waals surface area contributed by atoms with Crippen LogP contribution in [0.15, 0.2) is 53.6 Å². The number of nitrogens with one attached hydrogen (secondary N) is 1. The van der Waals surface area contributed by atoms with Crippen LogP contribution in [0.5, 0.6) is 0 Å². The van der Waals surface area contributed by atoms with Crippen molar-refractivity contribution in [3.63, 3.8) is 0 Å². The molecule has 3 aromatic rings. The summed E-state index contributed by atoms with van der Waals surface area (Å²) in [6, 6.07) is 10.3. The number of halogens is 1. The highest BCUT2D eigenvalue weighted by Crippen LogP contribution is 2.25. The Balaban J connectivity index is 1.96. The topological polar surface area (TPSA) is 107 Å². The molecule has 0 aliphatic carbocycles. The molecule has 0 radical (unpaired) electrons. The molecule has 1 heterocycles. The van der Waals surface area contributed by atoms with Crippen LogP contribution in [0.3, 0.4) is 0 Å². The van der Waals surface area contributed by atoms with Crippen molar-refractivity contribution in [1.82, 2.24) is 9.66 Å². The van der Waals surface area contributed by atoms with Crippen molar-refractivity contribution in [2.45, 2.75) is 0 Å². The summed E-state index contributed by atoms with van der Waals surface area (Å²) >= 11 is 5.71. The molecule has 3 rings (SSSR count). The van der Waals surface area contributed by atoms with E-state index < -0.39 is 22.1 Å². The lowest BCUT2D eigenvalue weighted by Crippen LogP contribution is -2.33. The number of hydrogen-bond acceptors (Lipinski definition) is 5. The molecule has 1 aromatic heterocycles. The van der Waals surface area contributed by atoms with Gasteiger partial charge < -0.3 is 0 Å². The predicted molar refractivity (Wildman–Crippen MR) is 87.8 cm³/mol. The van der Waals surface area contributed by atoms with Gasteiger partial charge in [-0.2, -0.15) is 0 Å². The van der Waals surface area contributed by atoms with E-state index in [9.17, 15) is 19.7 Å². The summed E-state index contributed by atoms with van der Waals surface area (Å²) in [4.78, 5) is 38.8. The van der Waals surface area contributed by atoms with E-state index in [0.29, 0.717) is 10.9 Å². The molecule has 24 heavy (non-hydrogen) atoms. The summed E-state index contributed by atoms with van der Waals surface area (Å²) in [5, 5.41) is 11.1. The van der Waals surface area contributed by atoms with E-state index >= 15 is 0 Å². The lowest BCUT2D eigenvalue weighted by Gasteiger charge is -2.08. The van der Waals surface area contributed by atoms with Crippen molar-refractivity contribution in [2.24, 2.45) is 0 Å². The fraction of sp³-hybridized carbons (Fsp3) is 0. The first-order valence-electron chi connectivity index (χ1n) is 6.69. The highest BCUT2D eigenvalue weighted by atomic mass is 35.5. The van der Waals surface area contributed by atoms with Crippen LogP contribution in [0.4, 0.5) is 5.69 Å². The van der Waals surface area contributed by atoms with Gasteiger partial charge in [-0.3, -0.25) is 25.1 Å². The van der Waals surface area contributed by atoms with Crippen molar-refractivity contribution in [3.8, 4) is 0 Å². The van der Waals surface area contributed by atoms with E-state index in [1.54, 1.807) is 24.3 Å².